The number of ether oxygens (including phenoxy) is 4. The summed E-state index contributed by atoms with van der Waals surface area (Å²) in [5.41, 5.74) is 4.45. The van der Waals surface area contributed by atoms with Gasteiger partial charge in [-0.15, -0.1) is 0 Å². The molecule has 1 saturated carbocycles. The van der Waals surface area contributed by atoms with Gasteiger partial charge in [-0.1, -0.05) is 31.2 Å². The highest BCUT2D eigenvalue weighted by molar-refractivity contribution is 6.76. The Morgan fingerprint density at radius 3 is 2.70 bits per heavy atom. The number of aromatic nitrogens is 6. The van der Waals surface area contributed by atoms with E-state index in [1.54, 1.807) is 6.20 Å². The highest BCUT2D eigenvalue weighted by atomic mass is 35.5. The Morgan fingerprint density at radius 2 is 1.91 bits per heavy atom. The summed E-state index contributed by atoms with van der Waals surface area (Å²) < 4.78 is 28.5. The van der Waals surface area contributed by atoms with Crippen molar-refractivity contribution in [3.05, 3.63) is 59.8 Å². The van der Waals surface area contributed by atoms with Crippen LogP contribution >= 0.6 is 11.6 Å². The van der Waals surface area contributed by atoms with Gasteiger partial charge in [0, 0.05) is 39.1 Å². The molecule has 0 N–H and O–H groups in total. The zero-order chi connectivity index (χ0) is 31.9. The molecule has 46 heavy (non-hydrogen) atoms. The minimum absolute atomic E-state index is 0.108. The van der Waals surface area contributed by atoms with E-state index in [1.165, 1.54) is 0 Å². The molecule has 1 atom stereocenters. The minimum atomic E-state index is -1.16. The molecule has 10 nitrogen and oxygen atoms in total. The zero-order valence-corrected chi connectivity index (χ0v) is 28.7. The third-order valence-electron chi connectivity index (χ3n) is 8.68. The standard InChI is InChI=1S/C34H41ClN6O4Si/c1-23-38-26-9-8-25(17-29(26)41(23)22-42-15-16-46(2,3)4)44-30-11-10-27-33(32(30)35)39-28(19-36-27)24-18-37-40(20-24)21-34(12-13-34)45-31-7-5-6-14-43-31/h8-11,17-20,31H,5-7,12-16,21-22H2,1-4H3. The van der Waals surface area contributed by atoms with Crippen LogP contribution in [-0.4, -0.2) is 62.5 Å². The monoisotopic (exact) mass is 660 g/mol. The quantitative estimate of drug-likeness (QED) is 0.0981. The molecule has 4 heterocycles. The Hall–Kier alpha value is -3.35. The predicted octanol–water partition coefficient (Wildman–Crippen LogP) is 7.99. The summed E-state index contributed by atoms with van der Waals surface area (Å²) in [6.07, 6.45) is 10.7. The summed E-state index contributed by atoms with van der Waals surface area (Å²) in [4.78, 5) is 14.2. The van der Waals surface area contributed by atoms with E-state index in [4.69, 9.17) is 40.5 Å². The smallest absolute Gasteiger partial charge is 0.158 e. The second-order valence-corrected chi connectivity index (χ2v) is 19.7. The normalized spacial score (nSPS) is 18.0. The van der Waals surface area contributed by atoms with Crippen LogP contribution in [-0.2, 0) is 27.5 Å². The molecule has 2 fully saturated rings. The summed E-state index contributed by atoms with van der Waals surface area (Å²) in [5, 5.41) is 5.01. The third kappa shape index (κ3) is 6.98. The van der Waals surface area contributed by atoms with Crippen molar-refractivity contribution in [1.82, 2.24) is 29.3 Å². The molecule has 1 saturated heterocycles. The van der Waals surface area contributed by atoms with Crippen molar-refractivity contribution in [2.45, 2.75) is 89.9 Å². The molecule has 12 heteroatoms. The van der Waals surface area contributed by atoms with Crippen molar-refractivity contribution in [2.75, 3.05) is 13.2 Å². The fraction of sp³-hybridized carbons (Fsp3) is 0.471. The van der Waals surface area contributed by atoms with Gasteiger partial charge in [-0.05, 0) is 69.3 Å². The molecule has 3 aromatic heterocycles. The molecule has 1 unspecified atom stereocenters. The van der Waals surface area contributed by atoms with E-state index in [0.717, 1.165) is 73.8 Å². The first-order valence-corrected chi connectivity index (χ1v) is 20.2. The summed E-state index contributed by atoms with van der Waals surface area (Å²) in [6.45, 7) is 11.7. The number of benzene rings is 2. The average molecular weight is 661 g/mol. The Bertz CT molecular complexity index is 1860. The highest BCUT2D eigenvalue weighted by Gasteiger charge is 2.47. The number of nitrogens with zero attached hydrogens (tertiary/aromatic N) is 6. The zero-order valence-electron chi connectivity index (χ0n) is 27.0. The predicted molar refractivity (Wildman–Crippen MR) is 181 cm³/mol. The second kappa shape index (κ2) is 12.7. The van der Waals surface area contributed by atoms with Crippen LogP contribution in [0.25, 0.3) is 33.3 Å². The molecule has 0 radical (unpaired) electrons. The summed E-state index contributed by atoms with van der Waals surface area (Å²) >= 11 is 6.91. The number of imidazole rings is 1. The van der Waals surface area contributed by atoms with E-state index in [0.29, 0.717) is 46.5 Å². The maximum atomic E-state index is 6.91. The van der Waals surface area contributed by atoms with Crippen molar-refractivity contribution < 1.29 is 18.9 Å². The first kappa shape index (κ1) is 31.3. The van der Waals surface area contributed by atoms with Gasteiger partial charge >= 0.3 is 0 Å². The average Bonchev–Trinajstić information content (AvgIpc) is 3.48. The van der Waals surface area contributed by atoms with Crippen LogP contribution < -0.4 is 4.74 Å². The van der Waals surface area contributed by atoms with Crippen LogP contribution in [0.4, 0.5) is 0 Å². The largest absolute Gasteiger partial charge is 0.456 e. The van der Waals surface area contributed by atoms with Crippen LogP contribution in [0, 0.1) is 6.92 Å². The van der Waals surface area contributed by atoms with E-state index in [2.05, 4.69) is 34.3 Å². The van der Waals surface area contributed by atoms with E-state index in [-0.39, 0.29) is 11.9 Å². The molecule has 0 spiro atoms. The van der Waals surface area contributed by atoms with Crippen LogP contribution in [0.5, 0.6) is 11.5 Å². The molecular weight excluding hydrogens is 620 g/mol. The van der Waals surface area contributed by atoms with Gasteiger partial charge in [0.25, 0.3) is 0 Å². The van der Waals surface area contributed by atoms with E-state index in [1.807, 2.05) is 54.3 Å². The minimum Gasteiger partial charge on any atom is -0.456 e. The van der Waals surface area contributed by atoms with Crippen LogP contribution in [0.15, 0.2) is 48.9 Å². The third-order valence-corrected chi connectivity index (χ3v) is 10.7. The summed E-state index contributed by atoms with van der Waals surface area (Å²) in [6, 6.07) is 10.7. The molecule has 2 aliphatic rings. The van der Waals surface area contributed by atoms with Crippen LogP contribution in [0.1, 0.15) is 37.9 Å². The molecule has 0 amide bonds. The van der Waals surface area contributed by atoms with Gasteiger partial charge in [-0.25, -0.2) is 9.97 Å². The van der Waals surface area contributed by atoms with Crippen LogP contribution in [0.3, 0.4) is 0 Å². The first-order chi connectivity index (χ1) is 22.1. The molecular formula is C34H41ClN6O4Si. The molecule has 5 aromatic rings. The van der Waals surface area contributed by atoms with E-state index < -0.39 is 8.07 Å². The van der Waals surface area contributed by atoms with Gasteiger partial charge < -0.3 is 23.5 Å². The van der Waals surface area contributed by atoms with Crippen molar-refractivity contribution in [2.24, 2.45) is 0 Å². The van der Waals surface area contributed by atoms with Gasteiger partial charge in [0.15, 0.2) is 6.29 Å². The molecule has 7 rings (SSSR count). The maximum absolute atomic E-state index is 6.91. The lowest BCUT2D eigenvalue weighted by molar-refractivity contribution is -0.200. The lowest BCUT2D eigenvalue weighted by Gasteiger charge is -2.27. The fourth-order valence-corrected chi connectivity index (χ4v) is 6.77. The summed E-state index contributed by atoms with van der Waals surface area (Å²) in [7, 11) is -1.16. The van der Waals surface area contributed by atoms with Gasteiger partial charge in [-0.2, -0.15) is 5.10 Å². The number of aryl methyl sites for hydroxylation is 1. The Kier molecular flexibility index (Phi) is 8.62. The van der Waals surface area contributed by atoms with Crippen molar-refractivity contribution in [3.63, 3.8) is 0 Å². The lowest BCUT2D eigenvalue weighted by atomic mass is 10.2. The summed E-state index contributed by atoms with van der Waals surface area (Å²) in [5.74, 6) is 2.05. The number of rotatable bonds is 12. The molecule has 2 aromatic carbocycles. The van der Waals surface area contributed by atoms with Crippen molar-refractivity contribution in [1.29, 1.82) is 0 Å². The van der Waals surface area contributed by atoms with E-state index in [9.17, 15) is 0 Å². The Labute approximate surface area is 275 Å². The molecule has 0 bridgehead atoms. The van der Waals surface area contributed by atoms with Crippen LogP contribution in [0.2, 0.25) is 30.7 Å². The molecule has 1 aliphatic heterocycles. The highest BCUT2D eigenvalue weighted by Crippen LogP contribution is 2.43. The topological polar surface area (TPSA) is 98.3 Å². The number of fused-ring (bicyclic) bond motifs is 2. The van der Waals surface area contributed by atoms with Gasteiger partial charge in [0.05, 0.1) is 46.8 Å². The molecule has 1 aliphatic carbocycles. The number of hydrogen-bond acceptors (Lipinski definition) is 8. The van der Waals surface area contributed by atoms with E-state index >= 15 is 0 Å². The second-order valence-electron chi connectivity index (χ2n) is 13.7. The maximum Gasteiger partial charge on any atom is 0.158 e. The van der Waals surface area contributed by atoms with Gasteiger partial charge in [0.2, 0.25) is 0 Å². The lowest BCUT2D eigenvalue weighted by Crippen LogP contribution is -2.32. The fourth-order valence-electron chi connectivity index (χ4n) is 5.77. The first-order valence-electron chi connectivity index (χ1n) is 16.1. The van der Waals surface area contributed by atoms with Gasteiger partial charge in [0.1, 0.15) is 34.6 Å². The Morgan fingerprint density at radius 1 is 1.07 bits per heavy atom. The van der Waals surface area contributed by atoms with Crippen molar-refractivity contribution in [3.8, 4) is 22.8 Å². The number of hydrogen-bond donors (Lipinski definition) is 0. The number of halogens is 1. The molecule has 242 valence electrons. The van der Waals surface area contributed by atoms with Crippen molar-refractivity contribution >= 4 is 41.7 Å². The van der Waals surface area contributed by atoms with Gasteiger partial charge in [-0.3, -0.25) is 9.67 Å². The SMILES string of the molecule is Cc1nc2ccc(Oc3ccc4ncc(-c5cnn(CC6(OC7CCCCO7)CC6)c5)nc4c3Cl)cc2n1COCC[Si](C)(C)C. The Balaban J connectivity index is 1.07.